The quantitative estimate of drug-likeness (QED) is 0.883. The molecule has 0 unspecified atom stereocenters. The highest BCUT2D eigenvalue weighted by molar-refractivity contribution is 5.62. The van der Waals surface area contributed by atoms with Gasteiger partial charge in [-0.15, -0.1) is 5.06 Å². The largest absolute Gasteiger partial charge is 0.504 e. The lowest BCUT2D eigenvalue weighted by molar-refractivity contribution is -0.164. The monoisotopic (exact) mass is 289 g/mol. The summed E-state index contributed by atoms with van der Waals surface area (Å²) >= 11 is 0. The van der Waals surface area contributed by atoms with Gasteiger partial charge in [0.15, 0.2) is 11.5 Å². The second-order valence-corrected chi connectivity index (χ2v) is 7.06. The van der Waals surface area contributed by atoms with Crippen LogP contribution in [0.2, 0.25) is 0 Å². The molecule has 0 aliphatic carbocycles. The first-order chi connectivity index (χ1) is 9.73. The molecule has 3 nitrogen and oxygen atoms in total. The van der Waals surface area contributed by atoms with E-state index in [4.69, 9.17) is 4.84 Å². The fourth-order valence-electron chi connectivity index (χ4n) is 3.15. The smallest absolute Gasteiger partial charge is 0.192 e. The maximum absolute atomic E-state index is 10.5. The van der Waals surface area contributed by atoms with E-state index < -0.39 is 0 Å². The van der Waals surface area contributed by atoms with Crippen LogP contribution in [0.3, 0.4) is 0 Å². The number of nitrogens with zero attached hydrogens (tertiary/aromatic N) is 1. The Labute approximate surface area is 128 Å². The van der Waals surface area contributed by atoms with Gasteiger partial charge in [0.25, 0.3) is 0 Å². The van der Waals surface area contributed by atoms with Gasteiger partial charge in [0, 0.05) is 11.1 Å². The van der Waals surface area contributed by atoms with Crippen LogP contribution < -0.4 is 4.84 Å². The third-order valence-corrected chi connectivity index (χ3v) is 4.48. The molecular formula is C18H27NO2. The van der Waals surface area contributed by atoms with Crippen LogP contribution in [0.1, 0.15) is 58.6 Å². The maximum Gasteiger partial charge on any atom is 0.192 e. The van der Waals surface area contributed by atoms with Crippen LogP contribution in [0.25, 0.3) is 6.08 Å². The number of rotatable bonds is 4. The average Bonchev–Trinajstić information content (AvgIpc) is 2.63. The van der Waals surface area contributed by atoms with E-state index in [9.17, 15) is 5.11 Å². The minimum absolute atomic E-state index is 0.0505. The van der Waals surface area contributed by atoms with E-state index in [1.807, 2.05) is 17.2 Å². The van der Waals surface area contributed by atoms with E-state index >= 15 is 0 Å². The van der Waals surface area contributed by atoms with Gasteiger partial charge in [-0.1, -0.05) is 31.7 Å². The van der Waals surface area contributed by atoms with Gasteiger partial charge >= 0.3 is 0 Å². The van der Waals surface area contributed by atoms with Crippen molar-refractivity contribution in [3.8, 4) is 11.5 Å². The van der Waals surface area contributed by atoms with Gasteiger partial charge in [-0.2, -0.15) is 0 Å². The molecular weight excluding hydrogens is 262 g/mol. The summed E-state index contributed by atoms with van der Waals surface area (Å²) in [4.78, 5) is 6.24. The van der Waals surface area contributed by atoms with E-state index in [-0.39, 0.29) is 16.8 Å². The Morgan fingerprint density at radius 1 is 1.24 bits per heavy atom. The van der Waals surface area contributed by atoms with Crippen molar-refractivity contribution in [1.29, 1.82) is 0 Å². The lowest BCUT2D eigenvalue weighted by Gasteiger charge is -2.39. The van der Waals surface area contributed by atoms with E-state index in [0.717, 1.165) is 24.8 Å². The molecule has 1 fully saturated rings. The molecule has 3 heteroatoms. The molecule has 1 aliphatic rings. The van der Waals surface area contributed by atoms with Crippen molar-refractivity contribution in [1.82, 2.24) is 5.06 Å². The second-order valence-electron chi connectivity index (χ2n) is 7.06. The minimum Gasteiger partial charge on any atom is -0.504 e. The topological polar surface area (TPSA) is 32.7 Å². The summed E-state index contributed by atoms with van der Waals surface area (Å²) < 4.78 is 0. The van der Waals surface area contributed by atoms with Crippen molar-refractivity contribution in [2.45, 2.75) is 65.0 Å². The highest BCUT2D eigenvalue weighted by Crippen LogP contribution is 2.44. The summed E-state index contributed by atoms with van der Waals surface area (Å²) in [5.41, 5.74) is 1.62. The van der Waals surface area contributed by atoms with E-state index in [1.54, 1.807) is 6.08 Å². The number of aromatic hydroxyl groups is 1. The van der Waals surface area contributed by atoms with E-state index in [1.165, 1.54) is 0 Å². The fraction of sp³-hybridized carbons (Fsp3) is 0.556. The molecule has 1 N–H and O–H groups in total. The summed E-state index contributed by atoms with van der Waals surface area (Å²) in [6, 6.07) is 3.89. The molecule has 1 saturated heterocycles. The average molecular weight is 289 g/mol. The maximum atomic E-state index is 10.5. The highest BCUT2D eigenvalue weighted by Gasteiger charge is 2.47. The van der Waals surface area contributed by atoms with Crippen molar-refractivity contribution in [2.75, 3.05) is 0 Å². The number of benzene rings is 1. The molecule has 0 radical (unpaired) electrons. The summed E-state index contributed by atoms with van der Waals surface area (Å²) in [6.07, 6.45) is 4.61. The van der Waals surface area contributed by atoms with E-state index in [0.29, 0.717) is 11.3 Å². The van der Waals surface area contributed by atoms with Crippen LogP contribution in [0, 0.1) is 0 Å². The first-order valence-electron chi connectivity index (χ1n) is 7.68. The molecule has 0 aromatic heterocycles. The number of phenolic OH excluding ortho intramolecular Hbond substituents is 1. The molecule has 116 valence electrons. The molecule has 21 heavy (non-hydrogen) atoms. The lowest BCUT2D eigenvalue weighted by Crippen LogP contribution is -2.50. The minimum atomic E-state index is -0.0505. The van der Waals surface area contributed by atoms with Crippen molar-refractivity contribution >= 4 is 6.08 Å². The predicted molar refractivity (Wildman–Crippen MR) is 87.4 cm³/mol. The Hall–Kier alpha value is -1.48. The standard InChI is InChI=1S/C18H27NO2/c1-7-13-9-10-14(8-2)16(15(13)20)21-19-17(3,4)11-12-18(19,5)6/h7,9-10,20H,1,8,11-12H2,2-6H3. The number of aryl methyl sites for hydroxylation is 1. The van der Waals surface area contributed by atoms with Crippen LogP contribution >= 0.6 is 0 Å². The van der Waals surface area contributed by atoms with Gasteiger partial charge in [-0.3, -0.25) is 0 Å². The summed E-state index contributed by atoms with van der Waals surface area (Å²) in [7, 11) is 0. The van der Waals surface area contributed by atoms with Gasteiger partial charge in [0.1, 0.15) is 0 Å². The zero-order valence-corrected chi connectivity index (χ0v) is 13.9. The summed E-state index contributed by atoms with van der Waals surface area (Å²) in [5.74, 6) is 0.751. The van der Waals surface area contributed by atoms with Gasteiger partial charge < -0.3 is 9.94 Å². The SMILES string of the molecule is C=Cc1ccc(CC)c(ON2C(C)(C)CCC2(C)C)c1O. The van der Waals surface area contributed by atoms with Crippen LogP contribution in [-0.2, 0) is 6.42 Å². The van der Waals surface area contributed by atoms with Crippen molar-refractivity contribution in [3.63, 3.8) is 0 Å². The normalized spacial score (nSPS) is 20.4. The Bertz CT molecular complexity index is 530. The molecule has 1 aliphatic heterocycles. The number of hydrogen-bond donors (Lipinski definition) is 1. The molecule has 1 aromatic carbocycles. The predicted octanol–water partition coefficient (Wildman–Crippen LogP) is 4.54. The Balaban J connectivity index is 2.45. The number of hydroxylamine groups is 2. The van der Waals surface area contributed by atoms with Gasteiger partial charge in [-0.25, -0.2) is 0 Å². The first kappa shape index (κ1) is 15.9. The van der Waals surface area contributed by atoms with Crippen molar-refractivity contribution in [2.24, 2.45) is 0 Å². The molecule has 0 spiro atoms. The molecule has 0 saturated carbocycles. The highest BCUT2D eigenvalue weighted by atomic mass is 16.7. The van der Waals surface area contributed by atoms with Crippen LogP contribution in [0.4, 0.5) is 0 Å². The summed E-state index contributed by atoms with van der Waals surface area (Å²) in [6.45, 7) is 14.5. The third kappa shape index (κ3) is 2.80. The Morgan fingerprint density at radius 3 is 2.29 bits per heavy atom. The molecule has 0 bridgehead atoms. The Kier molecular flexibility index (Phi) is 4.07. The van der Waals surface area contributed by atoms with Crippen molar-refractivity contribution in [3.05, 3.63) is 29.8 Å². The number of hydrogen-bond acceptors (Lipinski definition) is 3. The van der Waals surface area contributed by atoms with Crippen LogP contribution in [0.5, 0.6) is 11.5 Å². The van der Waals surface area contributed by atoms with Crippen LogP contribution in [0.15, 0.2) is 18.7 Å². The molecule has 1 heterocycles. The zero-order valence-electron chi connectivity index (χ0n) is 13.9. The second kappa shape index (κ2) is 5.38. The fourth-order valence-corrected chi connectivity index (χ4v) is 3.15. The molecule has 0 amide bonds. The Morgan fingerprint density at radius 2 is 1.81 bits per heavy atom. The van der Waals surface area contributed by atoms with Gasteiger partial charge in [-0.05, 0) is 47.0 Å². The van der Waals surface area contributed by atoms with E-state index in [2.05, 4.69) is 41.2 Å². The van der Waals surface area contributed by atoms with Gasteiger partial charge in [0.05, 0.1) is 11.1 Å². The third-order valence-electron chi connectivity index (χ3n) is 4.48. The zero-order chi connectivity index (χ0) is 15.8. The molecule has 2 rings (SSSR count). The van der Waals surface area contributed by atoms with Crippen molar-refractivity contribution < 1.29 is 9.94 Å². The molecule has 1 aromatic rings. The van der Waals surface area contributed by atoms with Gasteiger partial charge in [0.2, 0.25) is 0 Å². The van der Waals surface area contributed by atoms with Crippen LogP contribution in [-0.4, -0.2) is 21.2 Å². The lowest BCUT2D eigenvalue weighted by atomic mass is 10.0. The number of phenols is 1. The molecule has 0 atom stereocenters. The first-order valence-corrected chi connectivity index (χ1v) is 7.68. The summed E-state index contributed by atoms with van der Waals surface area (Å²) in [5, 5.41) is 12.5.